The number of nitriles is 2. The predicted molar refractivity (Wildman–Crippen MR) is 71.3 cm³/mol. The predicted octanol–water partition coefficient (Wildman–Crippen LogP) is 2.31. The summed E-state index contributed by atoms with van der Waals surface area (Å²) in [7, 11) is 0. The highest BCUT2D eigenvalue weighted by Crippen LogP contribution is 2.22. The van der Waals surface area contributed by atoms with Crippen molar-refractivity contribution in [1.82, 2.24) is 5.32 Å². The van der Waals surface area contributed by atoms with E-state index >= 15 is 0 Å². The Labute approximate surface area is 113 Å². The van der Waals surface area contributed by atoms with E-state index in [1.165, 1.54) is 0 Å². The van der Waals surface area contributed by atoms with Gasteiger partial charge in [0.15, 0.2) is 0 Å². The summed E-state index contributed by atoms with van der Waals surface area (Å²) in [5, 5.41) is 21.1. The summed E-state index contributed by atoms with van der Waals surface area (Å²) in [5.74, 6) is 1.88. The van der Waals surface area contributed by atoms with E-state index in [-0.39, 0.29) is 5.57 Å². The Kier molecular flexibility index (Phi) is 4.18. The molecule has 4 nitrogen and oxygen atoms in total. The minimum absolute atomic E-state index is 0.107. The normalized spacial score (nSPS) is 22.3. The van der Waals surface area contributed by atoms with E-state index < -0.39 is 0 Å². The van der Waals surface area contributed by atoms with Crippen LogP contribution in [-0.2, 0) is 4.74 Å². The molecule has 0 bridgehead atoms. The Balaban J connectivity index is 2.20. The highest BCUT2D eigenvalue weighted by Gasteiger charge is 2.13. The molecule has 1 saturated heterocycles. The fraction of sp³-hybridized carbons (Fsp3) is 0.333. The molecular formula is C15H15N3O. The smallest absolute Gasteiger partial charge is 0.137 e. The molecule has 1 N–H and O–H groups in total. The number of ether oxygens (including phenoxy) is 1. The quantitative estimate of drug-likeness (QED) is 0.767. The van der Waals surface area contributed by atoms with E-state index in [2.05, 4.69) is 11.4 Å². The maximum Gasteiger partial charge on any atom is 0.137 e. The summed E-state index contributed by atoms with van der Waals surface area (Å²) in [4.78, 5) is 0. The van der Waals surface area contributed by atoms with E-state index in [9.17, 15) is 0 Å². The highest BCUT2D eigenvalue weighted by atomic mass is 16.5. The summed E-state index contributed by atoms with van der Waals surface area (Å²) in [6, 6.07) is 3.80. The molecule has 0 radical (unpaired) electrons. The van der Waals surface area contributed by atoms with Gasteiger partial charge in [-0.3, -0.25) is 0 Å². The molecule has 96 valence electrons. The Hall–Kier alpha value is -2.30. The third-order valence-electron chi connectivity index (χ3n) is 3.08. The first-order chi connectivity index (χ1) is 9.22. The van der Waals surface area contributed by atoms with Gasteiger partial charge in [0.2, 0.25) is 0 Å². The Morgan fingerprint density at radius 2 is 2.21 bits per heavy atom. The largest absolute Gasteiger partial charge is 0.462 e. The topological polar surface area (TPSA) is 68.8 Å². The number of nitrogens with zero attached hydrogens (tertiary/aromatic N) is 2. The Morgan fingerprint density at radius 3 is 2.84 bits per heavy atom. The summed E-state index contributed by atoms with van der Waals surface area (Å²) in [6.45, 7) is 3.85. The van der Waals surface area contributed by atoms with Crippen LogP contribution in [0.15, 0.2) is 47.0 Å². The van der Waals surface area contributed by atoms with Gasteiger partial charge in [-0.1, -0.05) is 6.08 Å². The van der Waals surface area contributed by atoms with Crippen molar-refractivity contribution < 1.29 is 4.74 Å². The summed E-state index contributed by atoms with van der Waals surface area (Å²) in [5.41, 5.74) is 0.717. The molecule has 0 aromatic rings. The van der Waals surface area contributed by atoms with Crippen molar-refractivity contribution in [2.24, 2.45) is 5.92 Å². The molecule has 0 aromatic heterocycles. The van der Waals surface area contributed by atoms with Gasteiger partial charge in [-0.15, -0.1) is 0 Å². The van der Waals surface area contributed by atoms with Crippen LogP contribution in [0.3, 0.4) is 0 Å². The lowest BCUT2D eigenvalue weighted by atomic mass is 10.0. The van der Waals surface area contributed by atoms with E-state index in [1.54, 1.807) is 12.2 Å². The summed E-state index contributed by atoms with van der Waals surface area (Å²) >= 11 is 0. The standard InChI is InChI=1S/C15H15N3O/c1-11-6-13(14(8-16)9-17)7-15(19-11)3-2-12-4-5-18-10-12/h2-3,6-7,12,18H,4-5,10H2,1H3. The first kappa shape index (κ1) is 13.1. The van der Waals surface area contributed by atoms with Crippen LogP contribution in [0.4, 0.5) is 0 Å². The SMILES string of the molecule is CC1=CC(=C(C#N)C#N)C=C(C=CC2CCNC2)O1. The lowest BCUT2D eigenvalue weighted by molar-refractivity contribution is 0.317. The summed E-state index contributed by atoms with van der Waals surface area (Å²) < 4.78 is 5.58. The second kappa shape index (κ2) is 6.04. The second-order valence-electron chi connectivity index (χ2n) is 4.57. The van der Waals surface area contributed by atoms with Crippen LogP contribution in [0.1, 0.15) is 13.3 Å². The molecule has 0 spiro atoms. The molecule has 2 rings (SSSR count). The molecule has 1 unspecified atom stereocenters. The van der Waals surface area contributed by atoms with E-state index in [1.807, 2.05) is 25.1 Å². The number of hydrogen-bond donors (Lipinski definition) is 1. The van der Waals surface area contributed by atoms with Crippen molar-refractivity contribution in [2.45, 2.75) is 13.3 Å². The van der Waals surface area contributed by atoms with Crippen LogP contribution in [-0.4, -0.2) is 13.1 Å². The van der Waals surface area contributed by atoms with Crippen molar-refractivity contribution in [2.75, 3.05) is 13.1 Å². The van der Waals surface area contributed by atoms with Crippen LogP contribution >= 0.6 is 0 Å². The van der Waals surface area contributed by atoms with Crippen LogP contribution in [0, 0.1) is 28.6 Å². The van der Waals surface area contributed by atoms with Gasteiger partial charge >= 0.3 is 0 Å². The van der Waals surface area contributed by atoms with E-state index in [4.69, 9.17) is 15.3 Å². The summed E-state index contributed by atoms with van der Waals surface area (Å²) in [6.07, 6.45) is 8.59. The average molecular weight is 253 g/mol. The van der Waals surface area contributed by atoms with Gasteiger partial charge in [0.1, 0.15) is 29.2 Å². The van der Waals surface area contributed by atoms with Crippen molar-refractivity contribution in [3.05, 3.63) is 47.0 Å². The second-order valence-corrected chi connectivity index (χ2v) is 4.57. The molecule has 4 heteroatoms. The van der Waals surface area contributed by atoms with Gasteiger partial charge < -0.3 is 10.1 Å². The van der Waals surface area contributed by atoms with Crippen molar-refractivity contribution in [3.63, 3.8) is 0 Å². The molecule has 19 heavy (non-hydrogen) atoms. The fourth-order valence-electron chi connectivity index (χ4n) is 2.11. The molecule has 1 fully saturated rings. The lowest BCUT2D eigenvalue weighted by Gasteiger charge is -2.13. The van der Waals surface area contributed by atoms with Gasteiger partial charge in [0.05, 0.1) is 0 Å². The molecule has 2 heterocycles. The van der Waals surface area contributed by atoms with Crippen molar-refractivity contribution in [1.29, 1.82) is 10.5 Å². The minimum atomic E-state index is 0.107. The zero-order chi connectivity index (χ0) is 13.7. The van der Waals surface area contributed by atoms with E-state index in [0.717, 1.165) is 19.5 Å². The van der Waals surface area contributed by atoms with E-state index in [0.29, 0.717) is 23.0 Å². The maximum absolute atomic E-state index is 8.90. The molecule has 1 atom stereocenters. The third-order valence-corrected chi connectivity index (χ3v) is 3.08. The van der Waals surface area contributed by atoms with Gasteiger partial charge in [0.25, 0.3) is 0 Å². The molecule has 2 aliphatic heterocycles. The van der Waals surface area contributed by atoms with Crippen LogP contribution in [0.5, 0.6) is 0 Å². The Bertz CT molecular complexity index is 545. The third kappa shape index (κ3) is 3.34. The Morgan fingerprint density at radius 1 is 1.42 bits per heavy atom. The monoisotopic (exact) mass is 253 g/mol. The number of allylic oxidation sites excluding steroid dienone is 6. The zero-order valence-electron chi connectivity index (χ0n) is 10.8. The van der Waals surface area contributed by atoms with Crippen LogP contribution in [0.2, 0.25) is 0 Å². The molecule has 0 aromatic carbocycles. The van der Waals surface area contributed by atoms with Gasteiger partial charge in [-0.2, -0.15) is 10.5 Å². The van der Waals surface area contributed by atoms with Crippen LogP contribution < -0.4 is 5.32 Å². The maximum atomic E-state index is 8.90. The average Bonchev–Trinajstić information content (AvgIpc) is 2.90. The zero-order valence-corrected chi connectivity index (χ0v) is 10.8. The van der Waals surface area contributed by atoms with Gasteiger partial charge in [-0.05, 0) is 44.0 Å². The van der Waals surface area contributed by atoms with Crippen LogP contribution in [0.25, 0.3) is 0 Å². The lowest BCUT2D eigenvalue weighted by Crippen LogP contribution is -2.07. The first-order valence-corrected chi connectivity index (χ1v) is 6.24. The number of rotatable bonds is 2. The molecule has 2 aliphatic rings. The van der Waals surface area contributed by atoms with Gasteiger partial charge in [0, 0.05) is 12.1 Å². The number of hydrogen-bond acceptors (Lipinski definition) is 4. The highest BCUT2D eigenvalue weighted by molar-refractivity contribution is 5.52. The minimum Gasteiger partial charge on any atom is -0.462 e. The van der Waals surface area contributed by atoms with Gasteiger partial charge in [-0.25, -0.2) is 0 Å². The first-order valence-electron chi connectivity index (χ1n) is 6.24. The number of nitrogens with one attached hydrogen (secondary N) is 1. The molecule has 0 saturated carbocycles. The molecular weight excluding hydrogens is 238 g/mol. The molecule has 0 aliphatic carbocycles. The fourth-order valence-corrected chi connectivity index (χ4v) is 2.11. The molecule has 0 amide bonds. The van der Waals surface area contributed by atoms with Crippen molar-refractivity contribution >= 4 is 0 Å². The van der Waals surface area contributed by atoms with Crippen molar-refractivity contribution in [3.8, 4) is 12.1 Å².